The van der Waals surface area contributed by atoms with Crippen LogP contribution in [0.25, 0.3) is 0 Å². The van der Waals surface area contributed by atoms with Gasteiger partial charge < -0.3 is 5.32 Å². The molecule has 0 aromatic heterocycles. The van der Waals surface area contributed by atoms with E-state index in [4.69, 9.17) is 11.6 Å². The quantitative estimate of drug-likeness (QED) is 0.776. The van der Waals surface area contributed by atoms with Gasteiger partial charge in [0.2, 0.25) is 10.0 Å². The Kier molecular flexibility index (Phi) is 6.75. The van der Waals surface area contributed by atoms with E-state index in [1.807, 2.05) is 0 Å². The monoisotopic (exact) mass is 398 g/mol. The van der Waals surface area contributed by atoms with Crippen LogP contribution in [-0.2, 0) is 16.6 Å². The molecule has 140 valence electrons. The molecule has 0 aliphatic heterocycles. The molecule has 0 fully saturated rings. The second-order valence-corrected chi connectivity index (χ2v) is 7.89. The highest BCUT2D eigenvalue weighted by Crippen LogP contribution is 2.21. The molecular formula is C18H20ClFN2O3S. The van der Waals surface area contributed by atoms with Crippen LogP contribution in [0.3, 0.4) is 0 Å². The van der Waals surface area contributed by atoms with Crippen LogP contribution in [0.1, 0.15) is 29.8 Å². The van der Waals surface area contributed by atoms with E-state index < -0.39 is 26.6 Å². The Morgan fingerprint density at radius 1 is 1.15 bits per heavy atom. The van der Waals surface area contributed by atoms with Gasteiger partial charge in [-0.1, -0.05) is 37.6 Å². The predicted molar refractivity (Wildman–Crippen MR) is 99.1 cm³/mol. The van der Waals surface area contributed by atoms with E-state index in [0.29, 0.717) is 5.02 Å². The molecule has 5 nitrogen and oxygen atoms in total. The van der Waals surface area contributed by atoms with Gasteiger partial charge in [0.15, 0.2) is 0 Å². The van der Waals surface area contributed by atoms with Crippen molar-refractivity contribution in [2.75, 3.05) is 13.1 Å². The van der Waals surface area contributed by atoms with Crippen LogP contribution in [-0.4, -0.2) is 31.7 Å². The van der Waals surface area contributed by atoms with Crippen LogP contribution in [0, 0.1) is 5.82 Å². The van der Waals surface area contributed by atoms with Gasteiger partial charge in [-0.2, -0.15) is 4.31 Å². The number of hydrogen-bond donors (Lipinski definition) is 1. The molecule has 0 bridgehead atoms. The largest absolute Gasteiger partial charge is 0.348 e. The van der Waals surface area contributed by atoms with Crippen molar-refractivity contribution in [2.45, 2.75) is 25.3 Å². The highest BCUT2D eigenvalue weighted by atomic mass is 35.5. The normalized spacial score (nSPS) is 11.6. The first kappa shape index (κ1) is 20.4. The van der Waals surface area contributed by atoms with Crippen molar-refractivity contribution in [3.8, 4) is 0 Å². The third-order valence-electron chi connectivity index (χ3n) is 3.86. The van der Waals surface area contributed by atoms with Gasteiger partial charge in [0, 0.05) is 30.2 Å². The lowest BCUT2D eigenvalue weighted by Gasteiger charge is -2.19. The van der Waals surface area contributed by atoms with Gasteiger partial charge in [-0.25, -0.2) is 12.8 Å². The SMILES string of the molecule is CCN(CC)S(=O)(=O)c1cc(C(=O)NCc2cccc(Cl)c2)ccc1F. The van der Waals surface area contributed by atoms with Crippen LogP contribution >= 0.6 is 11.6 Å². The zero-order chi connectivity index (χ0) is 19.3. The van der Waals surface area contributed by atoms with Gasteiger partial charge in [0.05, 0.1) is 0 Å². The lowest BCUT2D eigenvalue weighted by atomic mass is 10.2. The average Bonchev–Trinajstić information content (AvgIpc) is 2.60. The lowest BCUT2D eigenvalue weighted by Crippen LogP contribution is -2.31. The van der Waals surface area contributed by atoms with Crippen molar-refractivity contribution in [3.63, 3.8) is 0 Å². The Bertz CT molecular complexity index is 899. The second kappa shape index (κ2) is 8.62. The fourth-order valence-electron chi connectivity index (χ4n) is 2.48. The molecule has 1 amide bonds. The third kappa shape index (κ3) is 4.60. The number of carbonyl (C=O) groups excluding carboxylic acids is 1. The third-order valence-corrected chi connectivity index (χ3v) is 6.16. The van der Waals surface area contributed by atoms with Crippen molar-refractivity contribution >= 4 is 27.5 Å². The van der Waals surface area contributed by atoms with Crippen LogP contribution in [0.4, 0.5) is 4.39 Å². The van der Waals surface area contributed by atoms with E-state index in [1.54, 1.807) is 38.1 Å². The summed E-state index contributed by atoms with van der Waals surface area (Å²) in [4.78, 5) is 11.8. The fourth-order valence-corrected chi connectivity index (χ4v) is 4.24. The van der Waals surface area contributed by atoms with Gasteiger partial charge in [-0.15, -0.1) is 0 Å². The first-order chi connectivity index (χ1) is 12.3. The molecule has 8 heteroatoms. The van der Waals surface area contributed by atoms with Gasteiger partial charge in [0.1, 0.15) is 10.7 Å². The molecular weight excluding hydrogens is 379 g/mol. The molecule has 0 heterocycles. The van der Waals surface area contributed by atoms with E-state index in [9.17, 15) is 17.6 Å². The lowest BCUT2D eigenvalue weighted by molar-refractivity contribution is 0.0950. The van der Waals surface area contributed by atoms with Gasteiger partial charge >= 0.3 is 0 Å². The van der Waals surface area contributed by atoms with Gasteiger partial charge in [-0.05, 0) is 35.9 Å². The zero-order valence-electron chi connectivity index (χ0n) is 14.5. The molecule has 0 atom stereocenters. The van der Waals surface area contributed by atoms with Crippen molar-refractivity contribution in [3.05, 3.63) is 64.4 Å². The molecule has 2 aromatic carbocycles. The number of carbonyl (C=O) groups is 1. The Balaban J connectivity index is 2.24. The number of halogens is 2. The van der Waals surface area contributed by atoms with E-state index >= 15 is 0 Å². The number of sulfonamides is 1. The summed E-state index contributed by atoms with van der Waals surface area (Å²) in [6.07, 6.45) is 0. The Morgan fingerprint density at radius 2 is 1.85 bits per heavy atom. The number of nitrogens with one attached hydrogen (secondary N) is 1. The first-order valence-electron chi connectivity index (χ1n) is 8.12. The van der Waals surface area contributed by atoms with Crippen molar-refractivity contribution in [1.29, 1.82) is 0 Å². The molecule has 0 radical (unpaired) electrons. The van der Waals surface area contributed by atoms with E-state index in [0.717, 1.165) is 22.0 Å². The van der Waals surface area contributed by atoms with Crippen LogP contribution in [0.2, 0.25) is 5.02 Å². The van der Waals surface area contributed by atoms with Crippen LogP contribution < -0.4 is 5.32 Å². The van der Waals surface area contributed by atoms with Gasteiger partial charge in [-0.3, -0.25) is 4.79 Å². The highest BCUT2D eigenvalue weighted by molar-refractivity contribution is 7.89. The highest BCUT2D eigenvalue weighted by Gasteiger charge is 2.26. The minimum Gasteiger partial charge on any atom is -0.348 e. The number of benzene rings is 2. The molecule has 0 aliphatic carbocycles. The summed E-state index contributed by atoms with van der Waals surface area (Å²) < 4.78 is 40.3. The van der Waals surface area contributed by atoms with Crippen LogP contribution in [0.15, 0.2) is 47.4 Å². The average molecular weight is 399 g/mol. The molecule has 26 heavy (non-hydrogen) atoms. The van der Waals surface area contributed by atoms with Crippen molar-refractivity contribution < 1.29 is 17.6 Å². The molecule has 0 aliphatic rings. The summed E-state index contributed by atoms with van der Waals surface area (Å²) in [7, 11) is -4.00. The summed E-state index contributed by atoms with van der Waals surface area (Å²) >= 11 is 5.90. The van der Waals surface area contributed by atoms with Crippen molar-refractivity contribution in [2.24, 2.45) is 0 Å². The van der Waals surface area contributed by atoms with E-state index in [1.165, 1.54) is 6.07 Å². The van der Waals surface area contributed by atoms with Crippen molar-refractivity contribution in [1.82, 2.24) is 9.62 Å². The van der Waals surface area contributed by atoms with E-state index in [-0.39, 0.29) is 25.2 Å². The smallest absolute Gasteiger partial charge is 0.251 e. The molecule has 1 N–H and O–H groups in total. The molecule has 0 spiro atoms. The predicted octanol–water partition coefficient (Wildman–Crippen LogP) is 3.44. The fraction of sp³-hybridized carbons (Fsp3) is 0.278. The summed E-state index contributed by atoms with van der Waals surface area (Å²) in [6, 6.07) is 10.3. The molecule has 0 unspecified atom stereocenters. The molecule has 0 saturated carbocycles. The minimum atomic E-state index is -4.00. The van der Waals surface area contributed by atoms with E-state index in [2.05, 4.69) is 5.32 Å². The zero-order valence-corrected chi connectivity index (χ0v) is 16.1. The molecule has 0 saturated heterocycles. The maximum atomic E-state index is 14.1. The standard InChI is InChI=1S/C18H20ClFN2O3S/c1-3-22(4-2)26(24,25)17-11-14(8-9-16(17)20)18(23)21-12-13-6-5-7-15(19)10-13/h5-11H,3-4,12H2,1-2H3,(H,21,23). The summed E-state index contributed by atoms with van der Waals surface area (Å²) in [5.41, 5.74) is 0.864. The maximum absolute atomic E-state index is 14.1. The summed E-state index contributed by atoms with van der Waals surface area (Å²) in [5, 5.41) is 3.22. The second-order valence-electron chi connectivity index (χ2n) is 5.55. The topological polar surface area (TPSA) is 66.5 Å². The first-order valence-corrected chi connectivity index (χ1v) is 9.93. The summed E-state index contributed by atoms with van der Waals surface area (Å²) in [6.45, 7) is 3.98. The Hall–Kier alpha value is -1.96. The number of rotatable bonds is 7. The van der Waals surface area contributed by atoms with Crippen LogP contribution in [0.5, 0.6) is 0 Å². The number of amides is 1. The molecule has 2 rings (SSSR count). The maximum Gasteiger partial charge on any atom is 0.251 e. The Morgan fingerprint density at radius 3 is 2.46 bits per heavy atom. The summed E-state index contributed by atoms with van der Waals surface area (Å²) in [5.74, 6) is -1.38. The minimum absolute atomic E-state index is 0.0687. The number of hydrogen-bond acceptors (Lipinski definition) is 3. The molecule has 2 aromatic rings. The number of nitrogens with zero attached hydrogens (tertiary/aromatic N) is 1. The van der Waals surface area contributed by atoms with Gasteiger partial charge in [0.25, 0.3) is 5.91 Å². The Labute approximate surface area is 157 Å².